The fraction of sp³-hybridized carbons (Fsp3) is 0.231. The molecule has 0 radical (unpaired) electrons. The number of carbonyl (C=O) groups excluding carboxylic acids is 2. The van der Waals surface area contributed by atoms with Crippen LogP contribution in [0, 0.1) is 6.92 Å². The largest absolute Gasteiger partial charge is 0.357 e. The molecule has 4 nitrogen and oxygen atoms in total. The first-order valence-electron chi connectivity index (χ1n) is 10.4. The Balaban J connectivity index is 1.98. The highest BCUT2D eigenvalue weighted by Gasteiger charge is 2.30. The lowest BCUT2D eigenvalue weighted by Gasteiger charge is -2.31. The van der Waals surface area contributed by atoms with Crippen LogP contribution in [0.15, 0.2) is 72.8 Å². The van der Waals surface area contributed by atoms with Crippen molar-refractivity contribution < 1.29 is 9.59 Å². The van der Waals surface area contributed by atoms with E-state index in [0.29, 0.717) is 28.6 Å². The SMILES string of the molecule is CNC(=O)C(Cc1ccccc1)N(Cc1cccc(C)c1)C(=O)Cc1c(Cl)cccc1Cl. The minimum Gasteiger partial charge on any atom is -0.357 e. The summed E-state index contributed by atoms with van der Waals surface area (Å²) in [6, 6.07) is 22.1. The fourth-order valence-corrected chi connectivity index (χ4v) is 4.21. The number of likely N-dealkylation sites (N-methyl/N-ethyl adjacent to an activating group) is 1. The molecule has 0 saturated heterocycles. The van der Waals surface area contributed by atoms with Gasteiger partial charge in [0.1, 0.15) is 6.04 Å². The molecule has 3 rings (SSSR count). The quantitative estimate of drug-likeness (QED) is 0.491. The second-order valence-electron chi connectivity index (χ2n) is 7.71. The van der Waals surface area contributed by atoms with Crippen LogP contribution in [0.4, 0.5) is 0 Å². The number of nitrogens with one attached hydrogen (secondary N) is 1. The van der Waals surface area contributed by atoms with Crippen molar-refractivity contribution >= 4 is 35.0 Å². The van der Waals surface area contributed by atoms with E-state index in [-0.39, 0.29) is 18.2 Å². The van der Waals surface area contributed by atoms with E-state index >= 15 is 0 Å². The molecular weight excluding hydrogens is 443 g/mol. The average Bonchev–Trinajstić information content (AvgIpc) is 2.79. The van der Waals surface area contributed by atoms with Gasteiger partial charge in [-0.1, -0.05) is 89.4 Å². The number of amides is 2. The van der Waals surface area contributed by atoms with Crippen LogP contribution in [0.1, 0.15) is 22.3 Å². The summed E-state index contributed by atoms with van der Waals surface area (Å²) in [4.78, 5) is 28.2. The van der Waals surface area contributed by atoms with Crippen molar-refractivity contribution in [2.75, 3.05) is 7.05 Å². The fourth-order valence-electron chi connectivity index (χ4n) is 3.68. The van der Waals surface area contributed by atoms with E-state index in [9.17, 15) is 9.59 Å². The molecule has 32 heavy (non-hydrogen) atoms. The molecule has 0 aliphatic carbocycles. The minimum absolute atomic E-state index is 0.00655. The van der Waals surface area contributed by atoms with E-state index < -0.39 is 6.04 Å². The van der Waals surface area contributed by atoms with Crippen LogP contribution in [0.25, 0.3) is 0 Å². The number of carbonyl (C=O) groups is 2. The number of nitrogens with zero attached hydrogens (tertiary/aromatic N) is 1. The van der Waals surface area contributed by atoms with E-state index in [2.05, 4.69) is 5.32 Å². The molecule has 0 heterocycles. The average molecular weight is 469 g/mol. The highest BCUT2D eigenvalue weighted by molar-refractivity contribution is 6.36. The van der Waals surface area contributed by atoms with Crippen LogP contribution in [0.5, 0.6) is 0 Å². The zero-order valence-electron chi connectivity index (χ0n) is 18.1. The first-order chi connectivity index (χ1) is 15.4. The Hall–Kier alpha value is -2.82. The van der Waals surface area contributed by atoms with Crippen molar-refractivity contribution in [1.29, 1.82) is 0 Å². The molecule has 1 N–H and O–H groups in total. The maximum absolute atomic E-state index is 13.6. The van der Waals surface area contributed by atoms with E-state index in [1.165, 1.54) is 0 Å². The Labute approximate surface area is 199 Å². The van der Waals surface area contributed by atoms with Gasteiger partial charge in [0.15, 0.2) is 0 Å². The summed E-state index contributed by atoms with van der Waals surface area (Å²) in [5.74, 6) is -0.439. The Kier molecular flexibility index (Phi) is 8.32. The van der Waals surface area contributed by atoms with Crippen LogP contribution >= 0.6 is 23.2 Å². The predicted molar refractivity (Wildman–Crippen MR) is 130 cm³/mol. The maximum Gasteiger partial charge on any atom is 0.242 e. The van der Waals surface area contributed by atoms with Crippen molar-refractivity contribution in [3.63, 3.8) is 0 Å². The molecule has 0 aliphatic heterocycles. The molecule has 166 valence electrons. The number of halogens is 2. The Morgan fingerprint density at radius 2 is 1.53 bits per heavy atom. The molecule has 0 fully saturated rings. The third-order valence-corrected chi connectivity index (χ3v) is 6.05. The van der Waals surface area contributed by atoms with Crippen molar-refractivity contribution in [1.82, 2.24) is 10.2 Å². The lowest BCUT2D eigenvalue weighted by atomic mass is 10.0. The van der Waals surface area contributed by atoms with E-state index in [1.54, 1.807) is 30.1 Å². The molecule has 2 amide bonds. The molecule has 1 atom stereocenters. The molecule has 6 heteroatoms. The highest BCUT2D eigenvalue weighted by atomic mass is 35.5. The normalized spacial score (nSPS) is 11.6. The lowest BCUT2D eigenvalue weighted by molar-refractivity contribution is -0.140. The molecule has 3 aromatic rings. The van der Waals surface area contributed by atoms with Gasteiger partial charge in [0, 0.05) is 30.1 Å². The number of hydrogen-bond donors (Lipinski definition) is 1. The molecule has 1 unspecified atom stereocenters. The van der Waals surface area contributed by atoms with Crippen molar-refractivity contribution in [3.8, 4) is 0 Å². The van der Waals surface area contributed by atoms with E-state index in [4.69, 9.17) is 23.2 Å². The standard InChI is InChI=1S/C26H26Cl2N2O2/c1-18-8-6-11-20(14-18)17-30(25(31)16-21-22(27)12-7-13-23(21)28)24(26(32)29-2)15-19-9-4-3-5-10-19/h3-14,24H,15-17H2,1-2H3,(H,29,32). The number of hydrogen-bond acceptors (Lipinski definition) is 2. The zero-order chi connectivity index (χ0) is 23.1. The molecule has 3 aromatic carbocycles. The summed E-state index contributed by atoms with van der Waals surface area (Å²) in [5, 5.41) is 3.58. The summed E-state index contributed by atoms with van der Waals surface area (Å²) in [5.41, 5.74) is 3.57. The van der Waals surface area contributed by atoms with Gasteiger partial charge >= 0.3 is 0 Å². The smallest absolute Gasteiger partial charge is 0.242 e. The Morgan fingerprint density at radius 3 is 2.16 bits per heavy atom. The third-order valence-electron chi connectivity index (χ3n) is 5.34. The van der Waals surface area contributed by atoms with Gasteiger partial charge in [0.25, 0.3) is 0 Å². The summed E-state index contributed by atoms with van der Waals surface area (Å²) >= 11 is 12.6. The van der Waals surface area contributed by atoms with Gasteiger partial charge in [-0.2, -0.15) is 0 Å². The first kappa shape index (κ1) is 23.8. The summed E-state index contributed by atoms with van der Waals surface area (Å²) < 4.78 is 0. The topological polar surface area (TPSA) is 49.4 Å². The molecule has 0 aromatic heterocycles. The molecule has 0 bridgehead atoms. The Bertz CT molecular complexity index is 1070. The molecule has 0 aliphatic rings. The number of rotatable bonds is 8. The zero-order valence-corrected chi connectivity index (χ0v) is 19.7. The molecule has 0 spiro atoms. The first-order valence-corrected chi connectivity index (χ1v) is 11.2. The van der Waals surface area contributed by atoms with Crippen molar-refractivity contribution in [3.05, 3.63) is 105 Å². The lowest BCUT2D eigenvalue weighted by Crippen LogP contribution is -2.50. The number of aryl methyl sites for hydroxylation is 1. The van der Waals surface area contributed by atoms with Gasteiger partial charge in [0.05, 0.1) is 6.42 Å². The number of benzene rings is 3. The van der Waals surface area contributed by atoms with Crippen LogP contribution in [-0.4, -0.2) is 29.8 Å². The minimum atomic E-state index is -0.684. The van der Waals surface area contributed by atoms with E-state index in [0.717, 1.165) is 16.7 Å². The maximum atomic E-state index is 13.6. The predicted octanol–water partition coefficient (Wildman–Crippen LogP) is 5.23. The van der Waals surface area contributed by atoms with Crippen LogP contribution in [0.3, 0.4) is 0 Å². The summed E-state index contributed by atoms with van der Waals surface area (Å²) in [7, 11) is 1.58. The van der Waals surface area contributed by atoms with Gasteiger partial charge in [-0.15, -0.1) is 0 Å². The second-order valence-corrected chi connectivity index (χ2v) is 8.52. The van der Waals surface area contributed by atoms with Gasteiger partial charge in [-0.05, 0) is 35.7 Å². The molecular formula is C26H26Cl2N2O2. The highest BCUT2D eigenvalue weighted by Crippen LogP contribution is 2.26. The second kappa shape index (κ2) is 11.2. The van der Waals surface area contributed by atoms with Crippen LogP contribution in [-0.2, 0) is 29.0 Å². The van der Waals surface area contributed by atoms with Crippen LogP contribution < -0.4 is 5.32 Å². The Morgan fingerprint density at radius 1 is 0.906 bits per heavy atom. The monoisotopic (exact) mass is 468 g/mol. The van der Waals surface area contributed by atoms with Crippen molar-refractivity contribution in [2.24, 2.45) is 0 Å². The van der Waals surface area contributed by atoms with Gasteiger partial charge in [0.2, 0.25) is 11.8 Å². The molecule has 0 saturated carbocycles. The summed E-state index contributed by atoms with van der Waals surface area (Å²) in [6.45, 7) is 2.30. The third kappa shape index (κ3) is 6.12. The van der Waals surface area contributed by atoms with Crippen molar-refractivity contribution in [2.45, 2.75) is 32.4 Å². The van der Waals surface area contributed by atoms with E-state index in [1.807, 2.05) is 61.5 Å². The van der Waals surface area contributed by atoms with Gasteiger partial charge < -0.3 is 10.2 Å². The van der Waals surface area contributed by atoms with Crippen LogP contribution in [0.2, 0.25) is 10.0 Å². The van der Waals surface area contributed by atoms with Gasteiger partial charge in [-0.3, -0.25) is 9.59 Å². The summed E-state index contributed by atoms with van der Waals surface area (Å²) in [6.07, 6.45) is 0.404. The van der Waals surface area contributed by atoms with Gasteiger partial charge in [-0.25, -0.2) is 0 Å².